The first-order valence-corrected chi connectivity index (χ1v) is 9.07. The molecule has 2 aliphatic rings. The lowest BCUT2D eigenvalue weighted by Gasteiger charge is -2.39. The summed E-state index contributed by atoms with van der Waals surface area (Å²) < 4.78 is 0. The molecular formula is C21H26Cl2N4. The molecule has 0 radical (unpaired) electrons. The van der Waals surface area contributed by atoms with E-state index in [1.54, 1.807) is 0 Å². The largest absolute Gasteiger partial charge is 0.299 e. The Hall–Kier alpha value is -1.75. The van der Waals surface area contributed by atoms with Crippen LogP contribution in [0.1, 0.15) is 29.5 Å². The van der Waals surface area contributed by atoms with E-state index in [1.165, 1.54) is 16.7 Å². The van der Waals surface area contributed by atoms with Gasteiger partial charge in [-0.1, -0.05) is 54.6 Å². The van der Waals surface area contributed by atoms with E-state index in [2.05, 4.69) is 81.9 Å². The van der Waals surface area contributed by atoms with E-state index >= 15 is 0 Å². The van der Waals surface area contributed by atoms with Crippen molar-refractivity contribution in [2.24, 2.45) is 21.4 Å². The van der Waals surface area contributed by atoms with Gasteiger partial charge in [0, 0.05) is 6.54 Å². The quantitative estimate of drug-likeness (QED) is 0.672. The van der Waals surface area contributed by atoms with E-state index in [1.807, 2.05) is 6.21 Å². The van der Waals surface area contributed by atoms with Gasteiger partial charge in [0.25, 0.3) is 0 Å². The van der Waals surface area contributed by atoms with Crippen LogP contribution in [0.25, 0.3) is 0 Å². The minimum atomic E-state index is -0.371. The van der Waals surface area contributed by atoms with Gasteiger partial charge in [-0.05, 0) is 60.7 Å². The van der Waals surface area contributed by atoms with Crippen molar-refractivity contribution in [2.75, 3.05) is 13.1 Å². The molecule has 1 saturated heterocycles. The molecule has 1 fully saturated rings. The average molecular weight is 405 g/mol. The molecule has 4 rings (SSSR count). The number of nitrogens with zero attached hydrogens (tertiary/aromatic N) is 4. The molecule has 0 amide bonds. The number of likely N-dealkylation sites (tertiary alicyclic amines) is 1. The Balaban J connectivity index is 0.00000131. The van der Waals surface area contributed by atoms with Crippen LogP contribution in [0.5, 0.6) is 0 Å². The Morgan fingerprint density at radius 3 is 2.26 bits per heavy atom. The Labute approximate surface area is 173 Å². The fourth-order valence-electron chi connectivity index (χ4n) is 4.16. The van der Waals surface area contributed by atoms with Crippen molar-refractivity contribution in [3.63, 3.8) is 0 Å². The molecule has 0 aromatic heterocycles. The third-order valence-corrected chi connectivity index (χ3v) is 5.55. The molecule has 0 N–H and O–H groups in total. The first-order chi connectivity index (χ1) is 12.3. The molecule has 144 valence electrons. The molecule has 2 heterocycles. The molecule has 4 nitrogen and oxygen atoms in total. The van der Waals surface area contributed by atoms with Crippen LogP contribution in [0, 0.1) is 12.8 Å². The molecule has 1 atom stereocenters. The van der Waals surface area contributed by atoms with E-state index in [-0.39, 0.29) is 30.4 Å². The summed E-state index contributed by atoms with van der Waals surface area (Å²) in [5.74, 6) is 0.454. The van der Waals surface area contributed by atoms with Gasteiger partial charge in [0.1, 0.15) is 5.54 Å². The molecule has 0 aliphatic carbocycles. The fraction of sp³-hybridized carbons (Fsp3) is 0.381. The highest BCUT2D eigenvalue weighted by molar-refractivity contribution is 5.85. The van der Waals surface area contributed by atoms with Crippen molar-refractivity contribution < 1.29 is 0 Å². The highest BCUT2D eigenvalue weighted by Crippen LogP contribution is 2.42. The van der Waals surface area contributed by atoms with Crippen LogP contribution < -0.4 is 0 Å². The second-order valence-corrected chi connectivity index (χ2v) is 7.11. The standard InChI is InChI=1S/C21H24N4.2ClH/c1-17-7-5-6-10-20(17)21(16-22-24-23-21)19-11-13-25(14-12-19)15-18-8-3-2-4-9-18;;/h2-10,16,19H,11-15H2,1H3;2*1H. The number of benzene rings is 2. The predicted molar refractivity (Wildman–Crippen MR) is 115 cm³/mol. The maximum atomic E-state index is 4.62. The number of hydrogen-bond acceptors (Lipinski definition) is 4. The Kier molecular flexibility index (Phi) is 7.54. The smallest absolute Gasteiger partial charge is 0.149 e. The van der Waals surface area contributed by atoms with Crippen molar-refractivity contribution in [3.05, 3.63) is 71.3 Å². The number of rotatable bonds is 4. The first-order valence-electron chi connectivity index (χ1n) is 9.07. The molecule has 6 heteroatoms. The summed E-state index contributed by atoms with van der Waals surface area (Å²) in [6, 6.07) is 19.2. The van der Waals surface area contributed by atoms with E-state index in [4.69, 9.17) is 0 Å². The monoisotopic (exact) mass is 404 g/mol. The summed E-state index contributed by atoms with van der Waals surface area (Å²) in [6.07, 6.45) is 4.20. The summed E-state index contributed by atoms with van der Waals surface area (Å²) in [7, 11) is 0. The van der Waals surface area contributed by atoms with Gasteiger partial charge >= 0.3 is 0 Å². The van der Waals surface area contributed by atoms with Crippen molar-refractivity contribution in [1.29, 1.82) is 0 Å². The highest BCUT2D eigenvalue weighted by Gasteiger charge is 2.43. The third kappa shape index (κ3) is 4.40. The zero-order valence-corrected chi connectivity index (χ0v) is 17.1. The van der Waals surface area contributed by atoms with Gasteiger partial charge in [0.15, 0.2) is 0 Å². The topological polar surface area (TPSA) is 40.3 Å². The lowest BCUT2D eigenvalue weighted by atomic mass is 9.73. The van der Waals surface area contributed by atoms with Crippen LogP contribution in [0.15, 0.2) is 70.0 Å². The Morgan fingerprint density at radius 2 is 1.63 bits per heavy atom. The van der Waals surface area contributed by atoms with E-state index in [9.17, 15) is 0 Å². The molecule has 0 bridgehead atoms. The van der Waals surface area contributed by atoms with Crippen LogP contribution in [-0.2, 0) is 12.1 Å². The molecule has 0 spiro atoms. The van der Waals surface area contributed by atoms with Gasteiger partial charge < -0.3 is 0 Å². The number of aryl methyl sites for hydroxylation is 1. The second-order valence-electron chi connectivity index (χ2n) is 7.11. The van der Waals surface area contributed by atoms with Crippen molar-refractivity contribution >= 4 is 31.0 Å². The molecule has 1 unspecified atom stereocenters. The molecule has 2 aromatic rings. The normalized spacial score (nSPS) is 22.3. The molecule has 2 aromatic carbocycles. The molecular weight excluding hydrogens is 379 g/mol. The van der Waals surface area contributed by atoms with E-state index in [0.717, 1.165) is 32.5 Å². The third-order valence-electron chi connectivity index (χ3n) is 5.55. The van der Waals surface area contributed by atoms with Crippen LogP contribution in [0.4, 0.5) is 0 Å². The zero-order valence-electron chi connectivity index (χ0n) is 15.5. The summed E-state index contributed by atoms with van der Waals surface area (Å²) in [5, 5.41) is 12.7. The Bertz CT molecular complexity index is 772. The fourth-order valence-corrected chi connectivity index (χ4v) is 4.16. The molecule has 0 saturated carbocycles. The van der Waals surface area contributed by atoms with Crippen LogP contribution in [0.2, 0.25) is 0 Å². The lowest BCUT2D eigenvalue weighted by Crippen LogP contribution is -2.42. The van der Waals surface area contributed by atoms with E-state index < -0.39 is 0 Å². The predicted octanol–water partition coefficient (Wildman–Crippen LogP) is 5.40. The second kappa shape index (κ2) is 9.45. The summed E-state index contributed by atoms with van der Waals surface area (Å²) in [6.45, 7) is 5.37. The van der Waals surface area contributed by atoms with Gasteiger partial charge in [-0.2, -0.15) is 5.11 Å². The van der Waals surface area contributed by atoms with Crippen LogP contribution >= 0.6 is 24.8 Å². The van der Waals surface area contributed by atoms with Crippen LogP contribution in [0.3, 0.4) is 0 Å². The number of halogens is 2. The van der Waals surface area contributed by atoms with Gasteiger partial charge in [0.05, 0.1) is 6.21 Å². The molecule has 27 heavy (non-hydrogen) atoms. The van der Waals surface area contributed by atoms with Gasteiger partial charge in [0.2, 0.25) is 0 Å². The number of hydrogen-bond donors (Lipinski definition) is 0. The van der Waals surface area contributed by atoms with Gasteiger partial charge in [-0.3, -0.25) is 4.90 Å². The zero-order chi connectivity index (χ0) is 17.1. The summed E-state index contributed by atoms with van der Waals surface area (Å²) >= 11 is 0. The Morgan fingerprint density at radius 1 is 0.963 bits per heavy atom. The average Bonchev–Trinajstić information content (AvgIpc) is 3.14. The molecule has 2 aliphatic heterocycles. The van der Waals surface area contributed by atoms with Crippen molar-refractivity contribution in [3.8, 4) is 0 Å². The van der Waals surface area contributed by atoms with Crippen molar-refractivity contribution in [2.45, 2.75) is 31.8 Å². The summed E-state index contributed by atoms with van der Waals surface area (Å²) in [5.41, 5.74) is 3.53. The highest BCUT2D eigenvalue weighted by atomic mass is 35.5. The maximum Gasteiger partial charge on any atom is 0.149 e. The maximum absolute atomic E-state index is 4.62. The first kappa shape index (κ1) is 21.5. The van der Waals surface area contributed by atoms with Crippen molar-refractivity contribution in [1.82, 2.24) is 4.90 Å². The number of piperidine rings is 1. The van der Waals surface area contributed by atoms with E-state index in [0.29, 0.717) is 5.92 Å². The lowest BCUT2D eigenvalue weighted by molar-refractivity contribution is 0.149. The minimum Gasteiger partial charge on any atom is -0.299 e. The summed E-state index contributed by atoms with van der Waals surface area (Å²) in [4.78, 5) is 2.54. The van der Waals surface area contributed by atoms with Gasteiger partial charge in [-0.25, -0.2) is 0 Å². The van der Waals surface area contributed by atoms with Crippen LogP contribution in [-0.4, -0.2) is 24.2 Å². The minimum absolute atomic E-state index is 0. The van der Waals surface area contributed by atoms with Gasteiger partial charge in [-0.15, -0.1) is 29.9 Å². The SMILES string of the molecule is Cc1ccccc1C1(C2CCN(Cc3ccccc3)CC2)C=NN=N1.Cl.Cl.